The summed E-state index contributed by atoms with van der Waals surface area (Å²) >= 11 is 0. The first-order valence-corrected chi connectivity index (χ1v) is 8.63. The third kappa shape index (κ3) is 2.57. The second-order valence-electron chi connectivity index (χ2n) is 5.48. The number of methoxy groups -OCH3 is 1. The van der Waals surface area contributed by atoms with Crippen LogP contribution in [0.4, 0.5) is 0 Å². The van der Waals surface area contributed by atoms with Crippen LogP contribution in [-0.2, 0) is 10.0 Å². The van der Waals surface area contributed by atoms with Crippen LogP contribution < -0.4 is 4.74 Å². The van der Waals surface area contributed by atoms with Crippen LogP contribution in [0.2, 0.25) is 0 Å². The van der Waals surface area contributed by atoms with Crippen LogP contribution in [0.5, 0.6) is 5.75 Å². The second kappa shape index (κ2) is 5.66. The molecule has 0 aliphatic heterocycles. The average Bonchev–Trinajstić information content (AvgIpc) is 2.98. The average molecular weight is 331 g/mol. The number of hydrogen-bond acceptors (Lipinski definition) is 5. The van der Waals surface area contributed by atoms with Crippen molar-refractivity contribution in [1.29, 1.82) is 0 Å². The Morgan fingerprint density at radius 1 is 1.13 bits per heavy atom. The lowest BCUT2D eigenvalue weighted by molar-refractivity contribution is 0.407. The van der Waals surface area contributed by atoms with Gasteiger partial charge in [-0.3, -0.25) is 0 Å². The van der Waals surface area contributed by atoms with Gasteiger partial charge in [0.15, 0.2) is 0 Å². The predicted octanol–water partition coefficient (Wildman–Crippen LogP) is 2.80. The molecule has 1 heterocycles. The minimum atomic E-state index is -3.82. The zero-order valence-corrected chi connectivity index (χ0v) is 13.9. The fourth-order valence-corrected chi connectivity index (χ4v) is 3.71. The van der Waals surface area contributed by atoms with Crippen molar-refractivity contribution in [3.05, 3.63) is 48.0 Å². The molecule has 0 saturated carbocycles. The van der Waals surface area contributed by atoms with E-state index in [0.717, 1.165) is 9.65 Å². The maximum Gasteiger partial charge on any atom is 0.284 e. The molecule has 0 bridgehead atoms. The predicted molar refractivity (Wildman–Crippen MR) is 87.2 cm³/mol. The number of fused-ring (bicyclic) bond motifs is 1. The molecule has 6 nitrogen and oxygen atoms in total. The molecule has 0 fully saturated rings. The monoisotopic (exact) mass is 331 g/mol. The van der Waals surface area contributed by atoms with E-state index < -0.39 is 10.0 Å². The van der Waals surface area contributed by atoms with E-state index in [0.29, 0.717) is 16.8 Å². The minimum absolute atomic E-state index is 0.132. The van der Waals surface area contributed by atoms with E-state index in [2.05, 4.69) is 10.3 Å². The van der Waals surface area contributed by atoms with Gasteiger partial charge in [0.25, 0.3) is 10.0 Å². The van der Waals surface area contributed by atoms with Gasteiger partial charge in [-0.05, 0) is 41.8 Å². The summed E-state index contributed by atoms with van der Waals surface area (Å²) in [6.45, 7) is 3.97. The molecule has 0 atom stereocenters. The van der Waals surface area contributed by atoms with E-state index in [1.54, 1.807) is 43.5 Å². The van der Waals surface area contributed by atoms with E-state index in [4.69, 9.17) is 4.74 Å². The van der Waals surface area contributed by atoms with Crippen molar-refractivity contribution in [2.45, 2.75) is 24.7 Å². The summed E-state index contributed by atoms with van der Waals surface area (Å²) in [5, 5.41) is 7.72. The zero-order chi connectivity index (χ0) is 16.6. The molecule has 0 radical (unpaired) electrons. The highest BCUT2D eigenvalue weighted by molar-refractivity contribution is 7.90. The molecule has 0 spiro atoms. The number of rotatable bonds is 4. The van der Waals surface area contributed by atoms with Crippen molar-refractivity contribution < 1.29 is 13.2 Å². The Morgan fingerprint density at radius 3 is 2.57 bits per heavy atom. The van der Waals surface area contributed by atoms with Gasteiger partial charge in [-0.2, -0.15) is 8.42 Å². The lowest BCUT2D eigenvalue weighted by Gasteiger charge is -2.13. The number of ether oxygens (including phenoxy) is 1. The fraction of sp³-hybridized carbons (Fsp3) is 0.250. The number of para-hydroxylation sites is 1. The van der Waals surface area contributed by atoms with Crippen LogP contribution in [0.3, 0.4) is 0 Å². The maximum absolute atomic E-state index is 12.9. The molecule has 0 aliphatic carbocycles. The summed E-state index contributed by atoms with van der Waals surface area (Å²) in [5.74, 6) is 0.801. The Bertz CT molecular complexity index is 962. The standard InChI is InChI=1S/C16H17N3O3S/c1-11(2)13-10-12(8-9-16(13)22-3)23(20,21)19-15-7-5-4-6-14(15)17-18-19/h4-11H,1-3H3. The molecule has 3 rings (SSSR count). The van der Waals surface area contributed by atoms with Crippen LogP contribution in [0.15, 0.2) is 47.4 Å². The molecule has 0 N–H and O–H groups in total. The largest absolute Gasteiger partial charge is 0.496 e. The van der Waals surface area contributed by atoms with E-state index in [1.807, 2.05) is 13.8 Å². The highest BCUT2D eigenvalue weighted by Crippen LogP contribution is 2.30. The van der Waals surface area contributed by atoms with E-state index in [9.17, 15) is 8.42 Å². The molecule has 7 heteroatoms. The number of aromatic nitrogens is 3. The number of nitrogens with zero attached hydrogens (tertiary/aromatic N) is 3. The molecule has 3 aromatic rings. The molecule has 0 saturated heterocycles. The summed E-state index contributed by atoms with van der Waals surface area (Å²) in [6, 6.07) is 11.8. The summed E-state index contributed by atoms with van der Waals surface area (Å²) in [4.78, 5) is 0.164. The van der Waals surface area contributed by atoms with Crippen LogP contribution in [0.25, 0.3) is 11.0 Å². The molecule has 0 aliphatic rings. The SMILES string of the molecule is COc1ccc(S(=O)(=O)n2nnc3ccccc32)cc1C(C)C. The van der Waals surface area contributed by atoms with E-state index in [-0.39, 0.29) is 10.8 Å². The Hall–Kier alpha value is -2.41. The molecular formula is C16H17N3O3S. The second-order valence-corrected chi connectivity index (χ2v) is 7.25. The quantitative estimate of drug-likeness (QED) is 0.735. The van der Waals surface area contributed by atoms with Crippen molar-refractivity contribution in [1.82, 2.24) is 14.4 Å². The van der Waals surface area contributed by atoms with Crippen molar-refractivity contribution in [3.63, 3.8) is 0 Å². The lowest BCUT2D eigenvalue weighted by atomic mass is 10.0. The summed E-state index contributed by atoms with van der Waals surface area (Å²) in [5.41, 5.74) is 1.82. The van der Waals surface area contributed by atoms with Gasteiger partial charge in [0, 0.05) is 0 Å². The first kappa shape index (κ1) is 15.5. The molecular weight excluding hydrogens is 314 g/mol. The highest BCUT2D eigenvalue weighted by atomic mass is 32.2. The summed E-state index contributed by atoms with van der Waals surface area (Å²) in [7, 11) is -2.25. The van der Waals surface area contributed by atoms with Gasteiger partial charge in [0.2, 0.25) is 0 Å². The highest BCUT2D eigenvalue weighted by Gasteiger charge is 2.23. The molecule has 2 aromatic carbocycles. The topological polar surface area (TPSA) is 74.1 Å². The third-order valence-electron chi connectivity index (χ3n) is 3.67. The van der Waals surface area contributed by atoms with Gasteiger partial charge >= 0.3 is 0 Å². The molecule has 1 aromatic heterocycles. The Kier molecular flexibility index (Phi) is 3.81. The van der Waals surface area contributed by atoms with Crippen molar-refractivity contribution in [3.8, 4) is 5.75 Å². The van der Waals surface area contributed by atoms with Crippen LogP contribution in [0, 0.1) is 0 Å². The van der Waals surface area contributed by atoms with Crippen molar-refractivity contribution in [2.24, 2.45) is 0 Å². The van der Waals surface area contributed by atoms with Crippen molar-refractivity contribution in [2.75, 3.05) is 7.11 Å². The Balaban J connectivity index is 2.19. The van der Waals surface area contributed by atoms with E-state index >= 15 is 0 Å². The maximum atomic E-state index is 12.9. The Labute approximate surface area is 134 Å². The first-order valence-electron chi connectivity index (χ1n) is 7.19. The third-order valence-corrected chi connectivity index (χ3v) is 5.24. The molecule has 23 heavy (non-hydrogen) atoms. The van der Waals surface area contributed by atoms with Gasteiger partial charge in [-0.25, -0.2) is 0 Å². The zero-order valence-electron chi connectivity index (χ0n) is 13.1. The smallest absolute Gasteiger partial charge is 0.284 e. The molecule has 120 valence electrons. The van der Waals surface area contributed by atoms with Gasteiger partial charge in [0.1, 0.15) is 16.8 Å². The van der Waals surface area contributed by atoms with Crippen LogP contribution >= 0.6 is 0 Å². The van der Waals surface area contributed by atoms with Crippen LogP contribution in [0.1, 0.15) is 25.3 Å². The normalized spacial score (nSPS) is 12.0. The molecule has 0 amide bonds. The summed E-state index contributed by atoms with van der Waals surface area (Å²) < 4.78 is 32.1. The fourth-order valence-electron chi connectivity index (χ4n) is 2.45. The van der Waals surface area contributed by atoms with Crippen molar-refractivity contribution >= 4 is 21.1 Å². The number of benzene rings is 2. The van der Waals surface area contributed by atoms with Crippen LogP contribution in [-0.4, -0.2) is 29.9 Å². The van der Waals surface area contributed by atoms with E-state index in [1.165, 1.54) is 6.07 Å². The number of hydrogen-bond donors (Lipinski definition) is 0. The molecule has 0 unspecified atom stereocenters. The van der Waals surface area contributed by atoms with Gasteiger partial charge < -0.3 is 4.74 Å². The minimum Gasteiger partial charge on any atom is -0.496 e. The Morgan fingerprint density at radius 2 is 1.87 bits per heavy atom. The van der Waals surface area contributed by atoms with Gasteiger partial charge in [0.05, 0.1) is 12.0 Å². The first-order chi connectivity index (χ1) is 10.9. The van der Waals surface area contributed by atoms with Gasteiger partial charge in [-0.1, -0.05) is 31.2 Å². The summed E-state index contributed by atoms with van der Waals surface area (Å²) in [6.07, 6.45) is 0. The lowest BCUT2D eigenvalue weighted by Crippen LogP contribution is -2.15. The van der Waals surface area contributed by atoms with Gasteiger partial charge in [-0.15, -0.1) is 9.19 Å².